The molecule has 0 bridgehead atoms. The summed E-state index contributed by atoms with van der Waals surface area (Å²) >= 11 is 0. The fourth-order valence-electron chi connectivity index (χ4n) is 2.83. The maximum atomic E-state index is 12.2. The molecule has 1 N–H and O–H groups in total. The fourth-order valence-corrected chi connectivity index (χ4v) is 2.83. The third-order valence-corrected chi connectivity index (χ3v) is 3.88. The maximum absolute atomic E-state index is 12.2. The van der Waals surface area contributed by atoms with Crippen LogP contribution in [0.5, 0.6) is 0 Å². The van der Waals surface area contributed by atoms with Gasteiger partial charge in [0.15, 0.2) is 6.23 Å². The summed E-state index contributed by atoms with van der Waals surface area (Å²) in [6.45, 7) is 3.70. The third kappa shape index (κ3) is 1.91. The van der Waals surface area contributed by atoms with Crippen molar-refractivity contribution in [3.8, 4) is 0 Å². The summed E-state index contributed by atoms with van der Waals surface area (Å²) in [5.74, 6) is -0.0442. The second-order valence-electron chi connectivity index (χ2n) is 5.01. The van der Waals surface area contributed by atoms with Crippen LogP contribution >= 0.6 is 0 Å². The molecule has 4 heteroatoms. The van der Waals surface area contributed by atoms with Gasteiger partial charge in [0.05, 0.1) is 0 Å². The monoisotopic (exact) mass is 246 g/mol. The van der Waals surface area contributed by atoms with Crippen molar-refractivity contribution >= 4 is 5.91 Å². The van der Waals surface area contributed by atoms with E-state index in [0.29, 0.717) is 12.1 Å². The first-order valence-electron chi connectivity index (χ1n) is 6.58. The highest BCUT2D eigenvalue weighted by Gasteiger charge is 2.34. The average molecular weight is 246 g/mol. The SMILES string of the molecule is O=C1c2ccccc2[C@@H](O)N1CCN1CCCC1. The van der Waals surface area contributed by atoms with Crippen molar-refractivity contribution in [1.29, 1.82) is 0 Å². The minimum absolute atomic E-state index is 0.0442. The molecule has 0 saturated carbocycles. The number of aliphatic hydroxyl groups excluding tert-OH is 1. The van der Waals surface area contributed by atoms with Gasteiger partial charge in [-0.25, -0.2) is 0 Å². The molecule has 3 rings (SSSR count). The average Bonchev–Trinajstić information content (AvgIpc) is 2.98. The number of benzene rings is 1. The van der Waals surface area contributed by atoms with Gasteiger partial charge in [-0.1, -0.05) is 18.2 Å². The minimum atomic E-state index is -0.767. The Bertz CT molecular complexity index is 455. The number of fused-ring (bicyclic) bond motifs is 1. The smallest absolute Gasteiger partial charge is 0.256 e. The molecule has 0 spiro atoms. The van der Waals surface area contributed by atoms with Crippen LogP contribution in [0.15, 0.2) is 24.3 Å². The van der Waals surface area contributed by atoms with E-state index in [4.69, 9.17) is 0 Å². The Kier molecular flexibility index (Phi) is 3.06. The molecule has 1 aromatic carbocycles. The number of aliphatic hydroxyl groups is 1. The van der Waals surface area contributed by atoms with E-state index in [1.54, 1.807) is 11.0 Å². The van der Waals surface area contributed by atoms with Gasteiger partial charge in [0.2, 0.25) is 0 Å². The molecule has 1 saturated heterocycles. The van der Waals surface area contributed by atoms with Crippen LogP contribution in [0.3, 0.4) is 0 Å². The van der Waals surface area contributed by atoms with Gasteiger partial charge in [0.25, 0.3) is 5.91 Å². The lowest BCUT2D eigenvalue weighted by Crippen LogP contribution is -2.36. The lowest BCUT2D eigenvalue weighted by Gasteiger charge is -2.24. The normalized spacial score (nSPS) is 23.7. The Balaban J connectivity index is 1.69. The van der Waals surface area contributed by atoms with Crippen molar-refractivity contribution in [2.45, 2.75) is 19.1 Å². The number of hydrogen-bond donors (Lipinski definition) is 1. The van der Waals surface area contributed by atoms with E-state index in [9.17, 15) is 9.90 Å². The van der Waals surface area contributed by atoms with Crippen LogP contribution < -0.4 is 0 Å². The summed E-state index contributed by atoms with van der Waals surface area (Å²) < 4.78 is 0. The zero-order valence-electron chi connectivity index (χ0n) is 10.4. The summed E-state index contributed by atoms with van der Waals surface area (Å²) in [5.41, 5.74) is 1.38. The number of hydrogen-bond acceptors (Lipinski definition) is 3. The number of likely N-dealkylation sites (tertiary alicyclic amines) is 1. The second kappa shape index (κ2) is 4.71. The predicted octanol–water partition coefficient (Wildman–Crippen LogP) is 1.23. The first-order valence-corrected chi connectivity index (χ1v) is 6.58. The van der Waals surface area contributed by atoms with E-state index in [0.717, 1.165) is 25.2 Å². The number of carbonyl (C=O) groups excluding carboxylic acids is 1. The van der Waals surface area contributed by atoms with Crippen LogP contribution in [0.1, 0.15) is 35.0 Å². The number of carbonyl (C=O) groups is 1. The number of nitrogens with zero attached hydrogens (tertiary/aromatic N) is 2. The molecule has 2 heterocycles. The maximum Gasteiger partial charge on any atom is 0.256 e. The van der Waals surface area contributed by atoms with Crippen molar-refractivity contribution in [3.05, 3.63) is 35.4 Å². The number of rotatable bonds is 3. The van der Waals surface area contributed by atoms with E-state index in [1.165, 1.54) is 12.8 Å². The molecular formula is C14H18N2O2. The Morgan fingerprint density at radius 2 is 1.89 bits per heavy atom. The van der Waals surface area contributed by atoms with E-state index < -0.39 is 6.23 Å². The van der Waals surface area contributed by atoms with Crippen molar-refractivity contribution < 1.29 is 9.90 Å². The Labute approximate surface area is 107 Å². The summed E-state index contributed by atoms with van der Waals surface area (Å²) in [7, 11) is 0. The van der Waals surface area contributed by atoms with Crippen LogP contribution in [0.25, 0.3) is 0 Å². The first kappa shape index (κ1) is 11.7. The highest BCUT2D eigenvalue weighted by atomic mass is 16.3. The molecule has 18 heavy (non-hydrogen) atoms. The topological polar surface area (TPSA) is 43.8 Å². The molecular weight excluding hydrogens is 228 g/mol. The molecule has 0 aliphatic carbocycles. The van der Waals surface area contributed by atoms with Gasteiger partial charge in [-0.05, 0) is 32.0 Å². The van der Waals surface area contributed by atoms with Gasteiger partial charge < -0.3 is 14.9 Å². The van der Waals surface area contributed by atoms with Crippen LogP contribution in [0.4, 0.5) is 0 Å². The molecule has 4 nitrogen and oxygen atoms in total. The van der Waals surface area contributed by atoms with Gasteiger partial charge in [0.1, 0.15) is 0 Å². The molecule has 1 amide bonds. The summed E-state index contributed by atoms with van der Waals surface area (Å²) in [6.07, 6.45) is 1.73. The molecule has 1 aromatic rings. The summed E-state index contributed by atoms with van der Waals surface area (Å²) in [4.78, 5) is 16.1. The molecule has 2 aliphatic heterocycles. The van der Waals surface area contributed by atoms with E-state index in [-0.39, 0.29) is 5.91 Å². The van der Waals surface area contributed by atoms with Crippen molar-refractivity contribution in [2.75, 3.05) is 26.2 Å². The lowest BCUT2D eigenvalue weighted by molar-refractivity contribution is 0.0145. The molecule has 0 radical (unpaired) electrons. The fraction of sp³-hybridized carbons (Fsp3) is 0.500. The third-order valence-electron chi connectivity index (χ3n) is 3.88. The second-order valence-corrected chi connectivity index (χ2v) is 5.01. The summed E-state index contributed by atoms with van der Waals surface area (Å²) in [5, 5.41) is 10.2. The molecule has 1 fully saturated rings. The Morgan fingerprint density at radius 3 is 2.61 bits per heavy atom. The van der Waals surface area contributed by atoms with Gasteiger partial charge in [-0.3, -0.25) is 4.79 Å². The Hall–Kier alpha value is -1.39. The van der Waals surface area contributed by atoms with Crippen molar-refractivity contribution in [1.82, 2.24) is 9.80 Å². The predicted molar refractivity (Wildman–Crippen MR) is 68.1 cm³/mol. The highest BCUT2D eigenvalue weighted by Crippen LogP contribution is 2.30. The van der Waals surface area contributed by atoms with E-state index >= 15 is 0 Å². The van der Waals surface area contributed by atoms with Crippen molar-refractivity contribution in [3.63, 3.8) is 0 Å². The molecule has 2 aliphatic rings. The van der Waals surface area contributed by atoms with E-state index in [1.807, 2.05) is 18.2 Å². The van der Waals surface area contributed by atoms with Gasteiger partial charge in [-0.2, -0.15) is 0 Å². The zero-order valence-corrected chi connectivity index (χ0v) is 10.4. The number of amides is 1. The van der Waals surface area contributed by atoms with E-state index in [2.05, 4.69) is 4.90 Å². The highest BCUT2D eigenvalue weighted by molar-refractivity contribution is 5.98. The lowest BCUT2D eigenvalue weighted by atomic mass is 10.1. The van der Waals surface area contributed by atoms with Gasteiger partial charge in [0, 0.05) is 24.2 Å². The zero-order chi connectivity index (χ0) is 12.5. The van der Waals surface area contributed by atoms with Gasteiger partial charge >= 0.3 is 0 Å². The standard InChI is InChI=1S/C14H18N2O2/c17-13-11-5-1-2-6-12(11)14(18)16(13)10-9-15-7-3-4-8-15/h1-2,5-6,13,17H,3-4,7-10H2/t13-/m1/s1. The van der Waals surface area contributed by atoms with Gasteiger partial charge in [-0.15, -0.1) is 0 Å². The largest absolute Gasteiger partial charge is 0.369 e. The molecule has 96 valence electrons. The van der Waals surface area contributed by atoms with Crippen molar-refractivity contribution in [2.24, 2.45) is 0 Å². The van der Waals surface area contributed by atoms with Crippen LogP contribution in [-0.4, -0.2) is 47.0 Å². The summed E-state index contributed by atoms with van der Waals surface area (Å²) in [6, 6.07) is 7.32. The minimum Gasteiger partial charge on any atom is -0.369 e. The molecule has 1 atom stereocenters. The van der Waals surface area contributed by atoms with Crippen LogP contribution in [0, 0.1) is 0 Å². The molecule has 0 unspecified atom stereocenters. The Morgan fingerprint density at radius 1 is 1.17 bits per heavy atom. The molecule has 0 aromatic heterocycles. The quantitative estimate of drug-likeness (QED) is 0.872. The van der Waals surface area contributed by atoms with Crippen LogP contribution in [-0.2, 0) is 0 Å². The first-order chi connectivity index (χ1) is 8.77. The van der Waals surface area contributed by atoms with Crippen LogP contribution in [0.2, 0.25) is 0 Å².